The van der Waals surface area contributed by atoms with E-state index in [1.165, 1.54) is 23.9 Å². The Bertz CT molecular complexity index is 803. The number of aromatic nitrogens is 1. The maximum atomic E-state index is 13.6. The molecule has 3 rings (SSSR count). The maximum absolute atomic E-state index is 13.6. The number of hydrogen-bond donors (Lipinski definition) is 1. The molecule has 7 heteroatoms. The molecule has 1 fully saturated rings. The Morgan fingerprint density at radius 1 is 1.30 bits per heavy atom. The molecule has 2 unspecified atom stereocenters. The van der Waals surface area contributed by atoms with Crippen molar-refractivity contribution >= 4 is 23.6 Å². The monoisotopic (exact) mass is 387 g/mol. The Morgan fingerprint density at radius 2 is 2.15 bits per heavy atom. The summed E-state index contributed by atoms with van der Waals surface area (Å²) in [5.74, 6) is -0.152. The van der Waals surface area contributed by atoms with Gasteiger partial charge in [0, 0.05) is 37.0 Å². The van der Waals surface area contributed by atoms with E-state index in [9.17, 15) is 14.0 Å². The van der Waals surface area contributed by atoms with E-state index in [1.807, 2.05) is 18.2 Å². The average molecular weight is 387 g/mol. The van der Waals surface area contributed by atoms with Crippen molar-refractivity contribution in [1.29, 1.82) is 0 Å². The molecule has 2 aromatic rings. The van der Waals surface area contributed by atoms with Gasteiger partial charge in [0.2, 0.25) is 11.8 Å². The van der Waals surface area contributed by atoms with Gasteiger partial charge in [0.15, 0.2) is 0 Å². The standard InChI is InChI=1S/C20H22FN3O2S/c1-2-18(25)24-17(13-27-20(24)14-6-5-7-15(21)12-14)19(26)23-11-9-16-8-3-4-10-22-16/h3-8,10,12,17,20H,2,9,11,13H2,1H3,(H,23,26). The van der Waals surface area contributed by atoms with E-state index in [0.29, 0.717) is 30.7 Å². The van der Waals surface area contributed by atoms with E-state index in [4.69, 9.17) is 0 Å². The summed E-state index contributed by atoms with van der Waals surface area (Å²) < 4.78 is 13.6. The number of benzene rings is 1. The average Bonchev–Trinajstić information content (AvgIpc) is 3.13. The third kappa shape index (κ3) is 4.66. The Labute approximate surface area is 162 Å². The number of hydrogen-bond acceptors (Lipinski definition) is 4. The second-order valence-corrected chi connectivity index (χ2v) is 7.39. The van der Waals surface area contributed by atoms with Gasteiger partial charge in [-0.2, -0.15) is 0 Å². The quantitative estimate of drug-likeness (QED) is 0.828. The molecule has 0 bridgehead atoms. The number of carbonyl (C=O) groups excluding carboxylic acids is 2. The summed E-state index contributed by atoms with van der Waals surface area (Å²) in [7, 11) is 0. The van der Waals surface area contributed by atoms with Crippen molar-refractivity contribution < 1.29 is 14.0 Å². The molecule has 1 aliphatic heterocycles. The van der Waals surface area contributed by atoms with Gasteiger partial charge in [0.05, 0.1) is 0 Å². The van der Waals surface area contributed by atoms with Crippen LogP contribution < -0.4 is 5.32 Å². The first-order chi connectivity index (χ1) is 13.1. The minimum atomic E-state index is -0.556. The zero-order chi connectivity index (χ0) is 19.2. The molecular weight excluding hydrogens is 365 g/mol. The van der Waals surface area contributed by atoms with Crippen molar-refractivity contribution in [2.75, 3.05) is 12.3 Å². The first-order valence-corrected chi connectivity index (χ1v) is 10.0. The van der Waals surface area contributed by atoms with E-state index in [0.717, 1.165) is 5.69 Å². The predicted octanol–water partition coefficient (Wildman–Crippen LogP) is 2.93. The van der Waals surface area contributed by atoms with Gasteiger partial charge in [-0.1, -0.05) is 25.1 Å². The summed E-state index contributed by atoms with van der Waals surface area (Å²) in [5.41, 5.74) is 1.60. The van der Waals surface area contributed by atoms with Gasteiger partial charge in [-0.3, -0.25) is 14.6 Å². The van der Waals surface area contributed by atoms with Gasteiger partial charge in [-0.25, -0.2) is 4.39 Å². The van der Waals surface area contributed by atoms with Crippen LogP contribution in [0.1, 0.15) is 30.0 Å². The van der Waals surface area contributed by atoms with Crippen LogP contribution in [0.2, 0.25) is 0 Å². The lowest BCUT2D eigenvalue weighted by atomic mass is 10.1. The summed E-state index contributed by atoms with van der Waals surface area (Å²) in [4.78, 5) is 31.0. The van der Waals surface area contributed by atoms with Crippen LogP contribution >= 0.6 is 11.8 Å². The molecule has 2 heterocycles. The number of nitrogens with one attached hydrogen (secondary N) is 1. The highest BCUT2D eigenvalue weighted by Crippen LogP contribution is 2.41. The summed E-state index contributed by atoms with van der Waals surface area (Å²) in [6.07, 6.45) is 2.64. The zero-order valence-electron chi connectivity index (χ0n) is 15.1. The lowest BCUT2D eigenvalue weighted by Gasteiger charge is -2.28. The molecule has 27 heavy (non-hydrogen) atoms. The van der Waals surface area contributed by atoms with Gasteiger partial charge in [-0.15, -0.1) is 11.8 Å². The Balaban J connectivity index is 1.68. The molecule has 5 nitrogen and oxygen atoms in total. The summed E-state index contributed by atoms with van der Waals surface area (Å²) in [5, 5.41) is 2.56. The number of pyridine rings is 1. The second kappa shape index (κ2) is 8.99. The molecule has 1 aromatic heterocycles. The van der Waals surface area contributed by atoms with Crippen molar-refractivity contribution in [1.82, 2.24) is 15.2 Å². The largest absolute Gasteiger partial charge is 0.354 e. The molecule has 142 valence electrons. The molecule has 1 aromatic carbocycles. The van der Waals surface area contributed by atoms with Crippen molar-refractivity contribution in [2.24, 2.45) is 0 Å². The Morgan fingerprint density at radius 3 is 2.85 bits per heavy atom. The smallest absolute Gasteiger partial charge is 0.243 e. The van der Waals surface area contributed by atoms with Crippen LogP contribution in [0, 0.1) is 5.82 Å². The fourth-order valence-corrected chi connectivity index (χ4v) is 4.53. The van der Waals surface area contributed by atoms with Gasteiger partial charge in [-0.05, 0) is 29.8 Å². The highest BCUT2D eigenvalue weighted by molar-refractivity contribution is 7.99. The van der Waals surface area contributed by atoms with Crippen molar-refractivity contribution in [2.45, 2.75) is 31.2 Å². The van der Waals surface area contributed by atoms with E-state index in [2.05, 4.69) is 10.3 Å². The van der Waals surface area contributed by atoms with Crippen molar-refractivity contribution in [3.8, 4) is 0 Å². The minimum Gasteiger partial charge on any atom is -0.354 e. The molecule has 2 amide bonds. The Hall–Kier alpha value is -2.41. The number of amides is 2. The number of carbonyl (C=O) groups is 2. The van der Waals surface area contributed by atoms with E-state index in [-0.39, 0.29) is 23.0 Å². The molecule has 1 aliphatic rings. The van der Waals surface area contributed by atoms with Gasteiger partial charge in [0.1, 0.15) is 17.2 Å². The third-order valence-electron chi connectivity index (χ3n) is 4.43. The molecular formula is C20H22FN3O2S. The first-order valence-electron chi connectivity index (χ1n) is 8.96. The van der Waals surface area contributed by atoms with Crippen molar-refractivity contribution in [3.63, 3.8) is 0 Å². The van der Waals surface area contributed by atoms with E-state index in [1.54, 1.807) is 30.2 Å². The van der Waals surface area contributed by atoms with Gasteiger partial charge < -0.3 is 10.2 Å². The molecule has 0 spiro atoms. The van der Waals surface area contributed by atoms with Crippen LogP contribution in [-0.2, 0) is 16.0 Å². The van der Waals surface area contributed by atoms with Gasteiger partial charge >= 0.3 is 0 Å². The second-order valence-electron chi connectivity index (χ2n) is 6.27. The van der Waals surface area contributed by atoms with Crippen LogP contribution in [0.25, 0.3) is 0 Å². The fraction of sp³-hybridized carbons (Fsp3) is 0.350. The molecule has 1 N–H and O–H groups in total. The topological polar surface area (TPSA) is 62.3 Å². The molecule has 0 aliphatic carbocycles. The Kier molecular flexibility index (Phi) is 6.45. The fourth-order valence-electron chi connectivity index (χ4n) is 3.09. The zero-order valence-corrected chi connectivity index (χ0v) is 15.9. The normalized spacial score (nSPS) is 19.1. The highest BCUT2D eigenvalue weighted by atomic mass is 32.2. The van der Waals surface area contributed by atoms with Crippen LogP contribution in [0.4, 0.5) is 4.39 Å². The van der Waals surface area contributed by atoms with Crippen molar-refractivity contribution in [3.05, 3.63) is 65.7 Å². The lowest BCUT2D eigenvalue weighted by Crippen LogP contribution is -2.48. The molecule has 2 atom stereocenters. The molecule has 0 saturated carbocycles. The van der Waals surface area contributed by atoms with E-state index < -0.39 is 6.04 Å². The number of rotatable bonds is 6. The maximum Gasteiger partial charge on any atom is 0.243 e. The first kappa shape index (κ1) is 19.4. The third-order valence-corrected chi connectivity index (χ3v) is 5.76. The lowest BCUT2D eigenvalue weighted by molar-refractivity contribution is -0.139. The summed E-state index contributed by atoms with van der Waals surface area (Å²) >= 11 is 1.49. The molecule has 0 radical (unpaired) electrons. The number of thioether (sulfide) groups is 1. The van der Waals surface area contributed by atoms with Crippen LogP contribution in [0.5, 0.6) is 0 Å². The number of halogens is 1. The SMILES string of the molecule is CCC(=O)N1C(C(=O)NCCc2ccccn2)CSC1c1cccc(F)c1. The van der Waals surface area contributed by atoms with Crippen LogP contribution in [0.3, 0.4) is 0 Å². The predicted molar refractivity (Wildman–Crippen MR) is 103 cm³/mol. The summed E-state index contributed by atoms with van der Waals surface area (Å²) in [6.45, 7) is 2.22. The minimum absolute atomic E-state index is 0.112. The summed E-state index contributed by atoms with van der Waals surface area (Å²) in [6, 6.07) is 11.3. The highest BCUT2D eigenvalue weighted by Gasteiger charge is 2.41. The van der Waals surface area contributed by atoms with E-state index >= 15 is 0 Å². The van der Waals surface area contributed by atoms with Crippen LogP contribution in [0.15, 0.2) is 48.7 Å². The molecule has 1 saturated heterocycles. The van der Waals surface area contributed by atoms with Gasteiger partial charge in [0.25, 0.3) is 0 Å². The number of nitrogens with zero attached hydrogens (tertiary/aromatic N) is 2. The van der Waals surface area contributed by atoms with Crippen LogP contribution in [-0.4, -0.2) is 40.0 Å².